The molecule has 6 N–H and O–H groups in total. The third-order valence-electron chi connectivity index (χ3n) is 3.17. The van der Waals surface area contributed by atoms with E-state index < -0.39 is 47.9 Å². The molecule has 0 amide bonds. The van der Waals surface area contributed by atoms with Gasteiger partial charge in [-0.2, -0.15) is 4.98 Å². The highest BCUT2D eigenvalue weighted by atomic mass is 19.1. The summed E-state index contributed by atoms with van der Waals surface area (Å²) in [4.78, 5) is 15.0. The maximum Gasteiger partial charge on any atom is 0.351 e. The Morgan fingerprint density at radius 3 is 2.90 bits per heavy atom. The van der Waals surface area contributed by atoms with Crippen LogP contribution in [0, 0.1) is 18.2 Å². The van der Waals surface area contributed by atoms with E-state index in [1.165, 1.54) is 0 Å². The highest BCUT2D eigenvalue weighted by molar-refractivity contribution is 5.28. The molecule has 0 bridgehead atoms. The van der Waals surface area contributed by atoms with Crippen molar-refractivity contribution in [2.45, 2.75) is 24.0 Å². The zero-order valence-electron chi connectivity index (χ0n) is 10.2. The second kappa shape index (κ2) is 4.84. The standard InChI is InChI=1S/C11H13FN4O4/c1-2-11(14)7(18)6(4-17)20-9(11)16-3-5(12)8(13)15-10(16)19/h1,3,6-7,9,17-18H,4,14H2,(H2,13,15,19)/t6-,7?,9-,11-/m1/s1. The SMILES string of the molecule is C#C[C@@]1(N)C(O)[C@@H](CO)O[C@H]1n1cc(F)c(N)nc1=O. The number of ether oxygens (including phenoxy) is 1. The van der Waals surface area contributed by atoms with Crippen LogP contribution in [-0.4, -0.2) is 44.1 Å². The molecule has 108 valence electrons. The largest absolute Gasteiger partial charge is 0.394 e. The van der Waals surface area contributed by atoms with Crippen LogP contribution in [0.15, 0.2) is 11.0 Å². The Morgan fingerprint density at radius 2 is 2.35 bits per heavy atom. The van der Waals surface area contributed by atoms with Crippen LogP contribution in [0.5, 0.6) is 0 Å². The third kappa shape index (κ3) is 1.95. The average Bonchev–Trinajstić information content (AvgIpc) is 2.67. The first-order chi connectivity index (χ1) is 9.35. The third-order valence-corrected chi connectivity index (χ3v) is 3.17. The highest BCUT2D eigenvalue weighted by Crippen LogP contribution is 2.35. The van der Waals surface area contributed by atoms with Gasteiger partial charge in [0.1, 0.15) is 12.2 Å². The Balaban J connectivity index is 2.55. The van der Waals surface area contributed by atoms with Crippen LogP contribution >= 0.6 is 0 Å². The number of rotatable bonds is 2. The van der Waals surface area contributed by atoms with E-state index in [-0.39, 0.29) is 0 Å². The van der Waals surface area contributed by atoms with Gasteiger partial charge >= 0.3 is 5.69 Å². The first-order valence-electron chi connectivity index (χ1n) is 5.60. The van der Waals surface area contributed by atoms with Gasteiger partial charge in [-0.25, -0.2) is 9.18 Å². The van der Waals surface area contributed by atoms with Crippen molar-refractivity contribution in [3.8, 4) is 12.3 Å². The Bertz CT molecular complexity index is 628. The van der Waals surface area contributed by atoms with Gasteiger partial charge in [0.15, 0.2) is 23.4 Å². The van der Waals surface area contributed by atoms with Gasteiger partial charge in [-0.1, -0.05) is 5.92 Å². The van der Waals surface area contributed by atoms with Crippen LogP contribution < -0.4 is 17.2 Å². The topological polar surface area (TPSA) is 137 Å². The van der Waals surface area contributed by atoms with Gasteiger partial charge in [-0.15, -0.1) is 6.42 Å². The van der Waals surface area contributed by atoms with Crippen molar-refractivity contribution >= 4 is 5.82 Å². The number of aliphatic hydroxyl groups is 2. The monoisotopic (exact) mass is 284 g/mol. The molecule has 1 unspecified atom stereocenters. The van der Waals surface area contributed by atoms with E-state index >= 15 is 0 Å². The lowest BCUT2D eigenvalue weighted by atomic mass is 9.92. The normalized spacial score (nSPS) is 33.0. The number of nitrogen functional groups attached to an aromatic ring is 1. The molecule has 0 spiro atoms. The number of aliphatic hydroxyl groups excluding tert-OH is 2. The van der Waals surface area contributed by atoms with E-state index in [0.29, 0.717) is 4.57 Å². The molecule has 1 saturated heterocycles. The zero-order valence-corrected chi connectivity index (χ0v) is 10.2. The maximum absolute atomic E-state index is 13.4. The summed E-state index contributed by atoms with van der Waals surface area (Å²) < 4.78 is 19.4. The first kappa shape index (κ1) is 14.4. The van der Waals surface area contributed by atoms with Crippen molar-refractivity contribution in [2.24, 2.45) is 5.73 Å². The van der Waals surface area contributed by atoms with Crippen molar-refractivity contribution in [1.29, 1.82) is 0 Å². The molecule has 0 aliphatic carbocycles. The molecular weight excluding hydrogens is 271 g/mol. The van der Waals surface area contributed by atoms with Crippen molar-refractivity contribution in [3.05, 3.63) is 22.5 Å². The van der Waals surface area contributed by atoms with Crippen LogP contribution in [-0.2, 0) is 4.74 Å². The van der Waals surface area contributed by atoms with E-state index in [1.807, 2.05) is 0 Å². The lowest BCUT2D eigenvalue weighted by molar-refractivity contribution is -0.0479. The molecule has 1 aromatic rings. The predicted octanol–water partition coefficient (Wildman–Crippen LogP) is -2.45. The van der Waals surface area contributed by atoms with Crippen LogP contribution in [0.2, 0.25) is 0 Å². The van der Waals surface area contributed by atoms with Crippen LogP contribution in [0.25, 0.3) is 0 Å². The van der Waals surface area contributed by atoms with Crippen LogP contribution in [0.4, 0.5) is 10.2 Å². The van der Waals surface area contributed by atoms with Gasteiger partial charge in [0.05, 0.1) is 12.8 Å². The van der Waals surface area contributed by atoms with E-state index in [0.717, 1.165) is 6.20 Å². The number of nitrogens with two attached hydrogens (primary N) is 2. The summed E-state index contributed by atoms with van der Waals surface area (Å²) in [5.74, 6) is 0.574. The second-order valence-corrected chi connectivity index (χ2v) is 4.40. The van der Waals surface area contributed by atoms with Gasteiger partial charge in [0, 0.05) is 0 Å². The van der Waals surface area contributed by atoms with Gasteiger partial charge < -0.3 is 26.4 Å². The number of hydrogen-bond acceptors (Lipinski definition) is 7. The molecule has 2 rings (SSSR count). The molecule has 4 atom stereocenters. The molecule has 2 heterocycles. The summed E-state index contributed by atoms with van der Waals surface area (Å²) in [6.45, 7) is -0.571. The van der Waals surface area contributed by atoms with E-state index in [2.05, 4.69) is 10.9 Å². The predicted molar refractivity (Wildman–Crippen MR) is 65.6 cm³/mol. The minimum Gasteiger partial charge on any atom is -0.394 e. The Labute approximate surface area is 112 Å². The molecule has 1 aliphatic heterocycles. The summed E-state index contributed by atoms with van der Waals surface area (Å²) >= 11 is 0. The number of anilines is 1. The summed E-state index contributed by atoms with van der Waals surface area (Å²) in [6.07, 6.45) is 2.09. The molecule has 1 fully saturated rings. The molecule has 1 aliphatic rings. The van der Waals surface area contributed by atoms with Gasteiger partial charge in [-0.3, -0.25) is 4.57 Å². The minimum absolute atomic E-state index is 0.571. The van der Waals surface area contributed by atoms with Crippen LogP contribution in [0.3, 0.4) is 0 Å². The Kier molecular flexibility index (Phi) is 3.49. The van der Waals surface area contributed by atoms with Crippen molar-refractivity contribution < 1.29 is 19.3 Å². The Hall–Kier alpha value is -1.99. The fourth-order valence-corrected chi connectivity index (χ4v) is 2.03. The smallest absolute Gasteiger partial charge is 0.351 e. The molecule has 0 radical (unpaired) electrons. The number of terminal acetylenes is 1. The maximum atomic E-state index is 13.4. The highest BCUT2D eigenvalue weighted by Gasteiger charge is 2.54. The number of aromatic nitrogens is 2. The lowest BCUT2D eigenvalue weighted by Crippen LogP contribution is -2.54. The summed E-state index contributed by atoms with van der Waals surface area (Å²) in [5, 5.41) is 19.0. The molecule has 0 aromatic carbocycles. The molecule has 1 aromatic heterocycles. The van der Waals surface area contributed by atoms with E-state index in [9.17, 15) is 14.3 Å². The van der Waals surface area contributed by atoms with Crippen LogP contribution in [0.1, 0.15) is 6.23 Å². The summed E-state index contributed by atoms with van der Waals surface area (Å²) in [7, 11) is 0. The van der Waals surface area contributed by atoms with Crippen molar-refractivity contribution in [2.75, 3.05) is 12.3 Å². The first-order valence-corrected chi connectivity index (χ1v) is 5.60. The quantitative estimate of drug-likeness (QED) is 0.442. The van der Waals surface area contributed by atoms with Crippen molar-refractivity contribution in [1.82, 2.24) is 9.55 Å². The number of halogens is 1. The summed E-state index contributed by atoms with van der Waals surface area (Å²) in [5.41, 5.74) is 8.25. The fourth-order valence-electron chi connectivity index (χ4n) is 2.03. The molecule has 0 saturated carbocycles. The van der Waals surface area contributed by atoms with E-state index in [1.54, 1.807) is 0 Å². The van der Waals surface area contributed by atoms with Gasteiger partial charge in [0.2, 0.25) is 0 Å². The number of nitrogens with zero attached hydrogens (tertiary/aromatic N) is 2. The molecule has 8 nitrogen and oxygen atoms in total. The van der Waals surface area contributed by atoms with Gasteiger partial charge in [0.25, 0.3) is 0 Å². The average molecular weight is 284 g/mol. The second-order valence-electron chi connectivity index (χ2n) is 4.40. The van der Waals surface area contributed by atoms with Gasteiger partial charge in [-0.05, 0) is 0 Å². The molecular formula is C11H13FN4O4. The fraction of sp³-hybridized carbons (Fsp3) is 0.455. The van der Waals surface area contributed by atoms with E-state index in [4.69, 9.17) is 27.7 Å². The lowest BCUT2D eigenvalue weighted by Gasteiger charge is -2.27. The Morgan fingerprint density at radius 1 is 1.70 bits per heavy atom. The number of hydrogen-bond donors (Lipinski definition) is 4. The van der Waals surface area contributed by atoms with Crippen molar-refractivity contribution in [3.63, 3.8) is 0 Å². The minimum atomic E-state index is -1.82. The zero-order chi connectivity index (χ0) is 15.1. The summed E-state index contributed by atoms with van der Waals surface area (Å²) in [6, 6.07) is 0. The molecule has 9 heteroatoms. The molecule has 20 heavy (non-hydrogen) atoms.